The maximum absolute atomic E-state index is 13.0. The number of allylic oxidation sites excluding steroid dienone is 3. The third kappa shape index (κ3) is 5.62. The third-order valence-electron chi connectivity index (χ3n) is 15.8. The molecule has 0 spiro atoms. The summed E-state index contributed by atoms with van der Waals surface area (Å²) >= 11 is 0. The SMILES string of the molecule is C=C(C)[C@@H]1CC[C@]2(CNC(=O)CCC(=O)OCC)CC[C@]3(C)[C@H](CC[C@@H]4[C@@]5(C)CC=C(c6ccc(C(=O)O)cc6)C(C)(C)[C@@H]5CC[C@]43C)[C@@H]12. The number of aromatic carboxylic acids is 1. The molecule has 49 heavy (non-hydrogen) atoms. The van der Waals surface area contributed by atoms with Crippen molar-refractivity contribution in [1.29, 1.82) is 0 Å². The average Bonchev–Trinajstić information content (AvgIpc) is 3.43. The zero-order valence-electron chi connectivity index (χ0n) is 31.3. The fraction of sp³-hybridized carbons (Fsp3) is 0.698. The Morgan fingerprint density at radius 1 is 0.898 bits per heavy atom. The van der Waals surface area contributed by atoms with E-state index in [2.05, 4.69) is 59.5 Å². The summed E-state index contributed by atoms with van der Waals surface area (Å²) in [6.07, 6.45) is 13.4. The number of carboxylic acid groups (broad SMARTS) is 1. The molecular weight excluding hydrogens is 610 g/mol. The van der Waals surface area contributed by atoms with Crippen molar-refractivity contribution < 1.29 is 24.2 Å². The first-order valence-electron chi connectivity index (χ1n) is 19.2. The Hall–Kier alpha value is -2.89. The lowest BCUT2D eigenvalue weighted by molar-refractivity contribution is -0.225. The molecule has 9 atom stereocenters. The first kappa shape index (κ1) is 35.9. The van der Waals surface area contributed by atoms with Crippen molar-refractivity contribution in [2.45, 2.75) is 119 Å². The predicted molar refractivity (Wildman–Crippen MR) is 195 cm³/mol. The van der Waals surface area contributed by atoms with Crippen LogP contribution in [0.5, 0.6) is 0 Å². The number of fused-ring (bicyclic) bond motifs is 7. The lowest BCUT2D eigenvalue weighted by Crippen LogP contribution is -2.66. The van der Waals surface area contributed by atoms with Gasteiger partial charge in [-0.2, -0.15) is 0 Å². The molecule has 0 aromatic heterocycles. The van der Waals surface area contributed by atoms with E-state index < -0.39 is 5.97 Å². The highest BCUT2D eigenvalue weighted by molar-refractivity contribution is 5.88. The fourth-order valence-electron chi connectivity index (χ4n) is 13.3. The fourth-order valence-corrected chi connectivity index (χ4v) is 13.3. The standard InChI is InChI=1S/C43H61NO5/c1-9-49-36(46)17-16-35(45)44-26-43-23-18-30(27(2)3)37(43)32-14-15-34-40(6)21-19-31(28-10-12-29(13-11-28)38(47)48)39(4,5)33(40)20-22-42(34,8)41(32,7)24-25-43/h10-13,19,30,32-34,37H,2,9,14-18,20-26H2,1,3-8H3,(H,44,45)(H,47,48)/t30-,32+,33-,34+,37+,40-,41+,42+,43+/m0/s1. The number of hydrogen-bond acceptors (Lipinski definition) is 4. The number of carboxylic acids is 1. The van der Waals surface area contributed by atoms with Crippen molar-refractivity contribution in [3.8, 4) is 0 Å². The normalized spacial score (nSPS) is 38.9. The van der Waals surface area contributed by atoms with Crippen molar-refractivity contribution in [1.82, 2.24) is 5.32 Å². The monoisotopic (exact) mass is 671 g/mol. The van der Waals surface area contributed by atoms with Crippen LogP contribution in [0.25, 0.3) is 5.57 Å². The molecule has 5 aliphatic carbocycles. The molecule has 0 bridgehead atoms. The van der Waals surface area contributed by atoms with Crippen molar-refractivity contribution in [3.05, 3.63) is 53.6 Å². The molecule has 6 heteroatoms. The maximum Gasteiger partial charge on any atom is 0.335 e. The molecule has 0 heterocycles. The molecule has 4 fully saturated rings. The van der Waals surface area contributed by atoms with Gasteiger partial charge >= 0.3 is 11.9 Å². The quantitative estimate of drug-likeness (QED) is 0.202. The molecular formula is C43H61NO5. The van der Waals surface area contributed by atoms with Crippen LogP contribution in [0.3, 0.4) is 0 Å². The van der Waals surface area contributed by atoms with E-state index in [1.54, 1.807) is 19.1 Å². The Labute approximate surface area is 294 Å². The summed E-state index contributed by atoms with van der Waals surface area (Å²) in [4.78, 5) is 36.4. The van der Waals surface area contributed by atoms with E-state index in [4.69, 9.17) is 4.74 Å². The van der Waals surface area contributed by atoms with E-state index in [9.17, 15) is 19.5 Å². The topological polar surface area (TPSA) is 92.7 Å². The number of esters is 1. The number of benzene rings is 1. The summed E-state index contributed by atoms with van der Waals surface area (Å²) in [7, 11) is 0. The lowest BCUT2D eigenvalue weighted by Gasteiger charge is -2.72. The second-order valence-corrected chi connectivity index (χ2v) is 18.1. The number of carbonyl (C=O) groups excluding carboxylic acids is 2. The van der Waals surface area contributed by atoms with Gasteiger partial charge < -0.3 is 15.2 Å². The predicted octanol–water partition coefficient (Wildman–Crippen LogP) is 9.50. The summed E-state index contributed by atoms with van der Waals surface area (Å²) in [5.74, 6) is 1.56. The van der Waals surface area contributed by atoms with Crippen LogP contribution in [0.15, 0.2) is 42.5 Å². The number of nitrogens with one attached hydrogen (secondary N) is 1. The van der Waals surface area contributed by atoms with Gasteiger partial charge in [0.25, 0.3) is 0 Å². The van der Waals surface area contributed by atoms with E-state index in [0.717, 1.165) is 31.2 Å². The number of rotatable bonds is 9. The molecule has 5 aliphatic rings. The Balaban J connectivity index is 1.27. The van der Waals surface area contributed by atoms with E-state index in [-0.39, 0.29) is 51.8 Å². The van der Waals surface area contributed by atoms with E-state index >= 15 is 0 Å². The molecule has 1 aromatic carbocycles. The van der Waals surface area contributed by atoms with Crippen LogP contribution in [0.4, 0.5) is 0 Å². The second kappa shape index (κ2) is 12.7. The lowest BCUT2D eigenvalue weighted by atomic mass is 9.32. The number of carbonyl (C=O) groups is 3. The minimum atomic E-state index is -0.880. The van der Waals surface area contributed by atoms with E-state index in [1.807, 2.05) is 12.1 Å². The van der Waals surface area contributed by atoms with Crippen molar-refractivity contribution in [3.63, 3.8) is 0 Å². The molecule has 4 saturated carbocycles. The molecule has 0 aliphatic heterocycles. The van der Waals surface area contributed by atoms with Crippen LogP contribution in [-0.4, -0.2) is 36.1 Å². The number of hydrogen-bond donors (Lipinski definition) is 2. The molecule has 268 valence electrons. The number of amides is 1. The second-order valence-electron chi connectivity index (χ2n) is 18.1. The average molecular weight is 672 g/mol. The first-order chi connectivity index (χ1) is 23.0. The summed E-state index contributed by atoms with van der Waals surface area (Å²) < 4.78 is 5.06. The van der Waals surface area contributed by atoms with Crippen molar-refractivity contribution >= 4 is 23.4 Å². The van der Waals surface area contributed by atoms with Gasteiger partial charge in [-0.3, -0.25) is 9.59 Å². The Bertz CT molecular complexity index is 1520. The molecule has 2 N–H and O–H groups in total. The summed E-state index contributed by atoms with van der Waals surface area (Å²) in [6, 6.07) is 7.52. The molecule has 6 rings (SSSR count). The minimum absolute atomic E-state index is 0.0134. The van der Waals surface area contributed by atoms with Crippen LogP contribution in [0, 0.1) is 56.7 Å². The van der Waals surface area contributed by atoms with Gasteiger partial charge in [0.2, 0.25) is 5.91 Å². The summed E-state index contributed by atoms with van der Waals surface area (Å²) in [5.41, 5.74) is 4.87. The number of ether oxygens (including phenoxy) is 1. The van der Waals surface area contributed by atoms with E-state index in [0.29, 0.717) is 48.3 Å². The highest BCUT2D eigenvalue weighted by Gasteiger charge is 2.70. The van der Waals surface area contributed by atoms with Crippen LogP contribution >= 0.6 is 0 Å². The van der Waals surface area contributed by atoms with Gasteiger partial charge in [-0.25, -0.2) is 4.79 Å². The van der Waals surface area contributed by atoms with Gasteiger partial charge in [-0.05, 0) is 152 Å². The Morgan fingerprint density at radius 3 is 2.27 bits per heavy atom. The molecule has 0 unspecified atom stereocenters. The summed E-state index contributed by atoms with van der Waals surface area (Å²) in [6.45, 7) is 22.4. The summed E-state index contributed by atoms with van der Waals surface area (Å²) in [5, 5.41) is 12.8. The van der Waals surface area contributed by atoms with Crippen LogP contribution in [0.2, 0.25) is 0 Å². The van der Waals surface area contributed by atoms with Gasteiger partial charge in [0, 0.05) is 13.0 Å². The van der Waals surface area contributed by atoms with Crippen LogP contribution in [-0.2, 0) is 14.3 Å². The molecule has 0 saturated heterocycles. The van der Waals surface area contributed by atoms with Gasteiger partial charge in [-0.15, -0.1) is 0 Å². The van der Waals surface area contributed by atoms with Crippen LogP contribution < -0.4 is 5.32 Å². The van der Waals surface area contributed by atoms with Gasteiger partial charge in [-0.1, -0.05) is 65.0 Å². The minimum Gasteiger partial charge on any atom is -0.478 e. The van der Waals surface area contributed by atoms with Gasteiger partial charge in [0.1, 0.15) is 0 Å². The molecule has 1 amide bonds. The highest BCUT2D eigenvalue weighted by atomic mass is 16.5. The molecule has 6 nitrogen and oxygen atoms in total. The molecule has 0 radical (unpaired) electrons. The third-order valence-corrected chi connectivity index (χ3v) is 15.8. The van der Waals surface area contributed by atoms with Crippen LogP contribution in [0.1, 0.15) is 135 Å². The van der Waals surface area contributed by atoms with Gasteiger partial charge in [0.15, 0.2) is 0 Å². The highest BCUT2D eigenvalue weighted by Crippen LogP contribution is 2.77. The van der Waals surface area contributed by atoms with Crippen molar-refractivity contribution in [2.24, 2.45) is 56.7 Å². The molecule has 1 aromatic rings. The largest absolute Gasteiger partial charge is 0.478 e. The smallest absolute Gasteiger partial charge is 0.335 e. The van der Waals surface area contributed by atoms with Gasteiger partial charge in [0.05, 0.1) is 18.6 Å². The van der Waals surface area contributed by atoms with Crippen molar-refractivity contribution in [2.75, 3.05) is 13.2 Å². The first-order valence-corrected chi connectivity index (χ1v) is 19.2. The Kier molecular flexibility index (Phi) is 9.31. The zero-order chi connectivity index (χ0) is 35.6. The maximum atomic E-state index is 13.0. The van der Waals surface area contributed by atoms with E-state index in [1.165, 1.54) is 43.3 Å². The zero-order valence-corrected chi connectivity index (χ0v) is 31.3. The Morgan fingerprint density at radius 2 is 1.61 bits per heavy atom.